The van der Waals surface area contributed by atoms with Crippen LogP contribution in [0.15, 0.2) is 15.8 Å². The molecule has 31 heavy (non-hydrogen) atoms. The third kappa shape index (κ3) is 6.93. The first kappa shape index (κ1) is 24.6. The van der Waals surface area contributed by atoms with Crippen LogP contribution in [0, 0.1) is 5.82 Å². The van der Waals surface area contributed by atoms with E-state index in [1.54, 1.807) is 4.98 Å². The molecule has 2 rings (SSSR count). The number of nitrogens with one attached hydrogen (secondary N) is 2. The predicted molar refractivity (Wildman–Crippen MR) is 98.3 cm³/mol. The standard InChI is InChI=1S/C17H24FN3O10/c1-8(19-13(25)7-29-5-9(23)4-22)16(27)30-6-12-11(24)2-14(31-12)21-3-10(18)15(26)20-17(21)28/h3,8-9,11-12,14,22-24H,2,4-7H2,1H3,(H,19,25)(H,20,26,28)/t8-,9?,11-,12+,14+/m0/s1. The van der Waals surface area contributed by atoms with Gasteiger partial charge < -0.3 is 34.8 Å². The smallest absolute Gasteiger partial charge is 0.330 e. The fourth-order valence-electron chi connectivity index (χ4n) is 2.68. The number of H-pyrrole nitrogens is 1. The van der Waals surface area contributed by atoms with Gasteiger partial charge in [-0.1, -0.05) is 0 Å². The molecule has 5 atom stereocenters. The van der Waals surface area contributed by atoms with Crippen molar-refractivity contribution in [2.75, 3.05) is 26.4 Å². The normalized spacial score (nSPS) is 22.7. The largest absolute Gasteiger partial charge is 0.461 e. The molecule has 1 aromatic heterocycles. The number of hydrogen-bond donors (Lipinski definition) is 5. The maximum atomic E-state index is 13.4. The number of esters is 1. The Hall–Kier alpha value is -2.65. The van der Waals surface area contributed by atoms with Crippen LogP contribution in [0.25, 0.3) is 0 Å². The summed E-state index contributed by atoms with van der Waals surface area (Å²) in [4.78, 5) is 48.4. The molecule has 0 spiro atoms. The van der Waals surface area contributed by atoms with Crippen molar-refractivity contribution in [1.82, 2.24) is 14.9 Å². The molecule has 174 valence electrons. The fourth-order valence-corrected chi connectivity index (χ4v) is 2.68. The summed E-state index contributed by atoms with van der Waals surface area (Å²) in [7, 11) is 0. The van der Waals surface area contributed by atoms with Crippen LogP contribution in [-0.2, 0) is 23.8 Å². The first-order valence-electron chi connectivity index (χ1n) is 9.29. The van der Waals surface area contributed by atoms with Crippen molar-refractivity contribution in [3.8, 4) is 0 Å². The zero-order chi connectivity index (χ0) is 23.1. The van der Waals surface area contributed by atoms with Crippen LogP contribution in [0.5, 0.6) is 0 Å². The minimum atomic E-state index is -1.20. The molecule has 14 heteroatoms. The number of carbonyl (C=O) groups excluding carboxylic acids is 2. The van der Waals surface area contributed by atoms with Gasteiger partial charge in [-0.05, 0) is 6.92 Å². The van der Waals surface area contributed by atoms with E-state index in [4.69, 9.17) is 24.4 Å². The Morgan fingerprint density at radius 3 is 2.84 bits per heavy atom. The molecule has 1 saturated heterocycles. The molecule has 1 amide bonds. The summed E-state index contributed by atoms with van der Waals surface area (Å²) in [5.74, 6) is -2.70. The van der Waals surface area contributed by atoms with Crippen molar-refractivity contribution in [2.24, 2.45) is 0 Å². The number of nitrogens with zero attached hydrogens (tertiary/aromatic N) is 1. The lowest BCUT2D eigenvalue weighted by Gasteiger charge is -2.18. The molecule has 13 nitrogen and oxygen atoms in total. The third-order valence-electron chi connectivity index (χ3n) is 4.31. The van der Waals surface area contributed by atoms with Gasteiger partial charge in [-0.2, -0.15) is 4.39 Å². The van der Waals surface area contributed by atoms with E-state index in [1.165, 1.54) is 6.92 Å². The van der Waals surface area contributed by atoms with Gasteiger partial charge in [-0.3, -0.25) is 19.1 Å². The van der Waals surface area contributed by atoms with Crippen molar-refractivity contribution in [3.63, 3.8) is 0 Å². The number of aliphatic hydroxyl groups is 3. The second-order valence-electron chi connectivity index (χ2n) is 6.85. The maximum absolute atomic E-state index is 13.4. The van der Waals surface area contributed by atoms with Crippen LogP contribution in [0.4, 0.5) is 4.39 Å². The van der Waals surface area contributed by atoms with Crippen LogP contribution in [-0.4, -0.2) is 87.5 Å². The van der Waals surface area contributed by atoms with Crippen molar-refractivity contribution in [2.45, 2.75) is 43.9 Å². The number of aromatic amines is 1. The Kier molecular flexibility index (Phi) is 8.82. The summed E-state index contributed by atoms with van der Waals surface area (Å²) < 4.78 is 29.5. The van der Waals surface area contributed by atoms with Gasteiger partial charge in [-0.15, -0.1) is 0 Å². The number of rotatable bonds is 10. The molecule has 0 aliphatic carbocycles. The van der Waals surface area contributed by atoms with Gasteiger partial charge in [0.15, 0.2) is 0 Å². The SMILES string of the molecule is C[C@H](NC(=O)COCC(O)CO)C(=O)OC[C@H]1O[C@@H](n2cc(F)c(=O)[nH]c2=O)C[C@@H]1O. The molecule has 1 aliphatic rings. The highest BCUT2D eigenvalue weighted by atomic mass is 19.1. The summed E-state index contributed by atoms with van der Waals surface area (Å²) in [5, 5.41) is 30.1. The molecule has 1 unspecified atom stereocenters. The minimum absolute atomic E-state index is 0.114. The van der Waals surface area contributed by atoms with Crippen LogP contribution in [0.2, 0.25) is 0 Å². The number of aliphatic hydroxyl groups excluding tert-OH is 3. The minimum Gasteiger partial charge on any atom is -0.461 e. The summed E-state index contributed by atoms with van der Waals surface area (Å²) in [6, 6.07) is -1.07. The lowest BCUT2D eigenvalue weighted by Crippen LogP contribution is -2.42. The average molecular weight is 449 g/mol. The van der Waals surface area contributed by atoms with E-state index in [9.17, 15) is 28.7 Å². The van der Waals surface area contributed by atoms with E-state index in [1.807, 2.05) is 0 Å². The molecule has 5 N–H and O–H groups in total. The van der Waals surface area contributed by atoms with Gasteiger partial charge in [0.2, 0.25) is 11.7 Å². The highest BCUT2D eigenvalue weighted by Crippen LogP contribution is 2.27. The molecular weight excluding hydrogens is 425 g/mol. The van der Waals surface area contributed by atoms with E-state index >= 15 is 0 Å². The highest BCUT2D eigenvalue weighted by molar-refractivity contribution is 5.84. The van der Waals surface area contributed by atoms with E-state index in [2.05, 4.69) is 5.32 Å². The number of ether oxygens (including phenoxy) is 3. The summed E-state index contributed by atoms with van der Waals surface area (Å²) in [5.41, 5.74) is -2.11. The topological polar surface area (TPSA) is 189 Å². The van der Waals surface area contributed by atoms with Gasteiger partial charge in [0.25, 0.3) is 5.56 Å². The second-order valence-corrected chi connectivity index (χ2v) is 6.85. The predicted octanol–water partition coefficient (Wildman–Crippen LogP) is -3.26. The number of amides is 1. The van der Waals surface area contributed by atoms with Gasteiger partial charge in [0.1, 0.15) is 37.7 Å². The van der Waals surface area contributed by atoms with Gasteiger partial charge >= 0.3 is 11.7 Å². The number of carbonyl (C=O) groups is 2. The number of aromatic nitrogens is 2. The zero-order valence-corrected chi connectivity index (χ0v) is 16.5. The molecule has 0 radical (unpaired) electrons. The van der Waals surface area contributed by atoms with Crippen molar-refractivity contribution in [3.05, 3.63) is 32.9 Å². The molecule has 0 bridgehead atoms. The van der Waals surface area contributed by atoms with E-state index in [-0.39, 0.29) is 13.0 Å². The lowest BCUT2D eigenvalue weighted by atomic mass is 10.2. The Morgan fingerprint density at radius 1 is 1.45 bits per heavy atom. The van der Waals surface area contributed by atoms with E-state index < -0.39 is 79.3 Å². The van der Waals surface area contributed by atoms with Crippen molar-refractivity contribution >= 4 is 11.9 Å². The first-order valence-corrected chi connectivity index (χ1v) is 9.29. The Labute approximate surface area is 174 Å². The quantitative estimate of drug-likeness (QED) is 0.227. The van der Waals surface area contributed by atoms with Crippen LogP contribution >= 0.6 is 0 Å². The molecule has 1 aromatic rings. The maximum Gasteiger partial charge on any atom is 0.330 e. The first-order chi connectivity index (χ1) is 14.6. The van der Waals surface area contributed by atoms with Gasteiger partial charge in [-0.25, -0.2) is 9.59 Å². The third-order valence-corrected chi connectivity index (χ3v) is 4.31. The van der Waals surface area contributed by atoms with Crippen LogP contribution < -0.4 is 16.6 Å². The van der Waals surface area contributed by atoms with E-state index in [0.29, 0.717) is 6.20 Å². The number of halogens is 1. The van der Waals surface area contributed by atoms with Crippen molar-refractivity contribution in [1.29, 1.82) is 0 Å². The van der Waals surface area contributed by atoms with Crippen LogP contribution in [0.1, 0.15) is 19.6 Å². The lowest BCUT2D eigenvalue weighted by molar-refractivity contribution is -0.153. The summed E-state index contributed by atoms with van der Waals surface area (Å²) in [6.45, 7) is -0.294. The summed E-state index contributed by atoms with van der Waals surface area (Å²) in [6.07, 6.45) is -3.83. The second kappa shape index (κ2) is 11.1. The molecule has 1 fully saturated rings. The van der Waals surface area contributed by atoms with Crippen LogP contribution in [0.3, 0.4) is 0 Å². The highest BCUT2D eigenvalue weighted by Gasteiger charge is 2.37. The Balaban J connectivity index is 1.81. The Bertz CT molecular complexity index is 888. The molecular formula is C17H24FN3O10. The number of hydrogen-bond acceptors (Lipinski definition) is 10. The molecule has 0 saturated carbocycles. The van der Waals surface area contributed by atoms with E-state index in [0.717, 1.165) is 4.57 Å². The molecule has 1 aliphatic heterocycles. The Morgan fingerprint density at radius 2 is 2.16 bits per heavy atom. The zero-order valence-electron chi connectivity index (χ0n) is 16.5. The monoisotopic (exact) mass is 449 g/mol. The molecule has 2 heterocycles. The summed E-state index contributed by atoms with van der Waals surface area (Å²) >= 11 is 0. The fraction of sp³-hybridized carbons (Fsp3) is 0.647. The van der Waals surface area contributed by atoms with Crippen molar-refractivity contribution < 1.29 is 43.5 Å². The van der Waals surface area contributed by atoms with Gasteiger partial charge in [0, 0.05) is 6.42 Å². The molecule has 0 aromatic carbocycles. The average Bonchev–Trinajstić information content (AvgIpc) is 3.08. The van der Waals surface area contributed by atoms with Gasteiger partial charge in [0.05, 0.1) is 25.5 Å².